The van der Waals surface area contributed by atoms with Crippen molar-refractivity contribution in [3.63, 3.8) is 0 Å². The summed E-state index contributed by atoms with van der Waals surface area (Å²) in [5.74, 6) is -1.69. The summed E-state index contributed by atoms with van der Waals surface area (Å²) >= 11 is 8.86. The number of carbonyl (C=O) groups is 2. The topological polar surface area (TPSA) is 79.3 Å². The molecule has 1 atom stereocenters. The minimum Gasteiger partial charge on any atom is -0.480 e. The predicted octanol–water partition coefficient (Wildman–Crippen LogP) is 1.70. The maximum atomic E-state index is 11.6. The molecule has 2 N–H and O–H groups in total. The van der Waals surface area contributed by atoms with Gasteiger partial charge in [0.2, 0.25) is 0 Å². The highest BCUT2D eigenvalue weighted by molar-refractivity contribution is 9.10. The molecule has 5 nitrogen and oxygen atoms in total. The van der Waals surface area contributed by atoms with Crippen LogP contribution in [0.25, 0.3) is 0 Å². The van der Waals surface area contributed by atoms with Gasteiger partial charge in [0.05, 0.1) is 5.56 Å². The van der Waals surface area contributed by atoms with Crippen molar-refractivity contribution in [2.75, 3.05) is 0 Å². The fraction of sp³-hybridized carbons (Fsp3) is 0.222. The second-order valence-electron chi connectivity index (χ2n) is 3.03. The number of amides is 1. The van der Waals surface area contributed by atoms with Crippen LogP contribution in [-0.4, -0.2) is 28.0 Å². The lowest BCUT2D eigenvalue weighted by atomic mass is 10.2. The first kappa shape index (κ1) is 12.9. The van der Waals surface area contributed by atoms with Crippen molar-refractivity contribution in [3.8, 4) is 0 Å². The maximum absolute atomic E-state index is 11.6. The number of nitrogens with one attached hydrogen (secondary N) is 1. The molecule has 0 spiro atoms. The average molecular weight is 308 g/mol. The van der Waals surface area contributed by atoms with Crippen LogP contribution in [-0.2, 0) is 4.79 Å². The largest absolute Gasteiger partial charge is 0.480 e. The number of nitrogens with zero attached hydrogens (tertiary/aromatic N) is 1. The van der Waals surface area contributed by atoms with E-state index in [1.54, 1.807) is 0 Å². The maximum Gasteiger partial charge on any atom is 0.325 e. The fourth-order valence-electron chi connectivity index (χ4n) is 0.918. The number of hydrogen-bond acceptors (Lipinski definition) is 3. The number of pyridine rings is 1. The summed E-state index contributed by atoms with van der Waals surface area (Å²) in [4.78, 5) is 25.9. The van der Waals surface area contributed by atoms with Gasteiger partial charge in [-0.1, -0.05) is 11.6 Å². The Labute approximate surface area is 105 Å². The first-order valence-corrected chi connectivity index (χ1v) is 5.43. The number of carboxylic acid groups (broad SMARTS) is 1. The van der Waals surface area contributed by atoms with Crippen LogP contribution in [0.5, 0.6) is 0 Å². The predicted molar refractivity (Wildman–Crippen MR) is 61.5 cm³/mol. The number of carboxylic acids is 1. The third-order valence-corrected chi connectivity index (χ3v) is 2.50. The quantitative estimate of drug-likeness (QED) is 0.833. The van der Waals surface area contributed by atoms with Crippen LogP contribution in [0.3, 0.4) is 0 Å². The van der Waals surface area contributed by atoms with Gasteiger partial charge < -0.3 is 10.4 Å². The summed E-state index contributed by atoms with van der Waals surface area (Å²) in [7, 11) is 0. The molecule has 0 aromatic carbocycles. The molecule has 0 saturated carbocycles. The Morgan fingerprint density at radius 1 is 1.62 bits per heavy atom. The Bertz CT molecular complexity index is 439. The molecule has 0 bridgehead atoms. The molecule has 1 heterocycles. The minimum atomic E-state index is -1.12. The molecule has 0 aliphatic carbocycles. The Morgan fingerprint density at radius 2 is 2.25 bits per heavy atom. The zero-order chi connectivity index (χ0) is 12.3. The van der Waals surface area contributed by atoms with Crippen LogP contribution in [0.2, 0.25) is 5.15 Å². The van der Waals surface area contributed by atoms with E-state index in [0.717, 1.165) is 0 Å². The van der Waals surface area contributed by atoms with Crippen molar-refractivity contribution in [2.45, 2.75) is 13.0 Å². The highest BCUT2D eigenvalue weighted by Gasteiger charge is 2.18. The lowest BCUT2D eigenvalue weighted by Gasteiger charge is -2.09. The zero-order valence-corrected chi connectivity index (χ0v) is 10.5. The highest BCUT2D eigenvalue weighted by Crippen LogP contribution is 2.17. The molecular weight excluding hydrogens is 299 g/mol. The molecule has 1 amide bonds. The second-order valence-corrected chi connectivity index (χ2v) is 4.30. The third kappa shape index (κ3) is 3.18. The average Bonchev–Trinajstić information content (AvgIpc) is 2.21. The van der Waals surface area contributed by atoms with Gasteiger partial charge in [-0.2, -0.15) is 0 Å². The van der Waals surface area contributed by atoms with Gasteiger partial charge in [0.15, 0.2) is 0 Å². The third-order valence-electron chi connectivity index (χ3n) is 1.77. The summed E-state index contributed by atoms with van der Waals surface area (Å²) < 4.78 is 0.588. The minimum absolute atomic E-state index is 0.0262. The summed E-state index contributed by atoms with van der Waals surface area (Å²) in [5.41, 5.74) is 0.129. The smallest absolute Gasteiger partial charge is 0.325 e. The van der Waals surface area contributed by atoms with Gasteiger partial charge in [-0.05, 0) is 28.9 Å². The highest BCUT2D eigenvalue weighted by atomic mass is 79.9. The second kappa shape index (κ2) is 5.27. The number of rotatable bonds is 3. The van der Waals surface area contributed by atoms with Crippen molar-refractivity contribution in [2.24, 2.45) is 0 Å². The summed E-state index contributed by atoms with van der Waals surface area (Å²) in [6.07, 6.45) is 1.44. The van der Waals surface area contributed by atoms with E-state index < -0.39 is 17.9 Å². The molecule has 0 fully saturated rings. The summed E-state index contributed by atoms with van der Waals surface area (Å²) in [6, 6.07) is 0.488. The Kier molecular flexibility index (Phi) is 4.26. The van der Waals surface area contributed by atoms with Crippen molar-refractivity contribution in [3.05, 3.63) is 27.5 Å². The molecule has 16 heavy (non-hydrogen) atoms. The van der Waals surface area contributed by atoms with E-state index in [9.17, 15) is 9.59 Å². The molecule has 1 aromatic heterocycles. The molecule has 0 aliphatic rings. The molecule has 1 rings (SSSR count). The van der Waals surface area contributed by atoms with Crippen LogP contribution < -0.4 is 5.32 Å². The lowest BCUT2D eigenvalue weighted by Crippen LogP contribution is -2.38. The van der Waals surface area contributed by atoms with Crippen molar-refractivity contribution < 1.29 is 14.7 Å². The van der Waals surface area contributed by atoms with E-state index >= 15 is 0 Å². The summed E-state index contributed by atoms with van der Waals surface area (Å²) in [6.45, 7) is 1.36. The molecule has 0 saturated heterocycles. The first-order valence-electron chi connectivity index (χ1n) is 4.26. The van der Waals surface area contributed by atoms with E-state index in [1.807, 2.05) is 0 Å². The molecule has 86 valence electrons. The van der Waals surface area contributed by atoms with E-state index in [1.165, 1.54) is 19.2 Å². The van der Waals surface area contributed by atoms with Gasteiger partial charge >= 0.3 is 5.97 Å². The molecule has 0 unspecified atom stereocenters. The Hall–Kier alpha value is -1.14. The number of aromatic nitrogens is 1. The molecular formula is C9H8BrClN2O3. The monoisotopic (exact) mass is 306 g/mol. The van der Waals surface area contributed by atoms with Crippen LogP contribution in [0.4, 0.5) is 0 Å². The molecule has 7 heteroatoms. The van der Waals surface area contributed by atoms with Crippen LogP contribution in [0.15, 0.2) is 16.7 Å². The Morgan fingerprint density at radius 3 is 2.81 bits per heavy atom. The molecule has 0 radical (unpaired) electrons. The standard InChI is InChI=1S/C9H8BrClN2O3/c1-4(9(15)16)13-8(14)6-2-5(10)3-12-7(6)11/h2-4H,1H3,(H,13,14)(H,15,16)/t4-/m0/s1. The van der Waals surface area contributed by atoms with Crippen molar-refractivity contribution in [1.29, 1.82) is 0 Å². The number of halogens is 2. The SMILES string of the molecule is C[C@H](NC(=O)c1cc(Br)cnc1Cl)C(=O)O. The van der Waals surface area contributed by atoms with E-state index in [2.05, 4.69) is 26.2 Å². The van der Waals surface area contributed by atoms with Crippen LogP contribution in [0, 0.1) is 0 Å². The normalized spacial score (nSPS) is 11.9. The molecule has 0 aliphatic heterocycles. The van der Waals surface area contributed by atoms with Crippen LogP contribution >= 0.6 is 27.5 Å². The zero-order valence-electron chi connectivity index (χ0n) is 8.20. The lowest BCUT2D eigenvalue weighted by molar-refractivity contribution is -0.138. The van der Waals surface area contributed by atoms with Crippen molar-refractivity contribution >= 4 is 39.4 Å². The van der Waals surface area contributed by atoms with E-state index in [-0.39, 0.29) is 10.7 Å². The van der Waals surface area contributed by atoms with Gasteiger partial charge in [0.1, 0.15) is 11.2 Å². The van der Waals surface area contributed by atoms with Gasteiger partial charge in [-0.3, -0.25) is 9.59 Å². The number of carbonyl (C=O) groups excluding carboxylic acids is 1. The van der Waals surface area contributed by atoms with Crippen molar-refractivity contribution in [1.82, 2.24) is 10.3 Å². The number of aliphatic carboxylic acids is 1. The van der Waals surface area contributed by atoms with Crippen LogP contribution in [0.1, 0.15) is 17.3 Å². The van der Waals surface area contributed by atoms with Gasteiger partial charge in [-0.25, -0.2) is 4.98 Å². The molecule has 1 aromatic rings. The van der Waals surface area contributed by atoms with E-state index in [0.29, 0.717) is 4.47 Å². The summed E-state index contributed by atoms with van der Waals surface area (Å²) in [5, 5.41) is 10.9. The van der Waals surface area contributed by atoms with Gasteiger partial charge in [-0.15, -0.1) is 0 Å². The number of hydrogen-bond donors (Lipinski definition) is 2. The van der Waals surface area contributed by atoms with Gasteiger partial charge in [0, 0.05) is 10.7 Å². The van der Waals surface area contributed by atoms with E-state index in [4.69, 9.17) is 16.7 Å². The van der Waals surface area contributed by atoms with Gasteiger partial charge in [0.25, 0.3) is 5.91 Å². The first-order chi connectivity index (χ1) is 7.41. The fourth-order valence-corrected chi connectivity index (χ4v) is 1.44. The Balaban J connectivity index is 2.88.